The molecule has 2 N–H and O–H groups in total. The molecule has 6 heteroatoms. The Bertz CT molecular complexity index is 421. The van der Waals surface area contributed by atoms with Crippen LogP contribution in [0.2, 0.25) is 0 Å². The fraction of sp³-hybridized carbons (Fsp3) is 0. The van der Waals surface area contributed by atoms with E-state index in [0.29, 0.717) is 5.52 Å². The Morgan fingerprint density at radius 1 is 1.46 bits per heavy atom. The molecule has 1 aromatic heterocycles. The summed E-state index contributed by atoms with van der Waals surface area (Å²) in [6, 6.07) is 7.31. The maximum atomic E-state index is 10.3. The van der Waals surface area contributed by atoms with Gasteiger partial charge in [0, 0.05) is 4.57 Å². The normalized spacial score (nSPS) is 11.6. The largest absolute Gasteiger partial charge is 0.750 e. The zero-order valence-corrected chi connectivity index (χ0v) is 7.36. The van der Waals surface area contributed by atoms with Crippen LogP contribution in [0, 0.1) is 0 Å². The molecular weight excluding hydrogens is 191 g/mol. The molecule has 0 aliphatic rings. The van der Waals surface area contributed by atoms with Crippen LogP contribution in [0.4, 0.5) is 0 Å². The van der Waals surface area contributed by atoms with E-state index in [4.69, 9.17) is 4.89 Å². The van der Waals surface area contributed by atoms with E-state index >= 15 is 0 Å². The van der Waals surface area contributed by atoms with Gasteiger partial charge in [0.25, 0.3) is 0 Å². The SMILES string of the molecule is O=[P+](O)Oc1nc2ccccc2[nH]1. The number of para-hydroxylation sites is 2. The second-order valence-electron chi connectivity index (χ2n) is 2.39. The summed E-state index contributed by atoms with van der Waals surface area (Å²) in [6.45, 7) is 0. The van der Waals surface area contributed by atoms with Gasteiger partial charge in [0.15, 0.2) is 0 Å². The number of nitrogens with zero attached hydrogens (tertiary/aromatic N) is 1. The van der Waals surface area contributed by atoms with Crippen LogP contribution < -0.4 is 4.52 Å². The average Bonchev–Trinajstić information content (AvgIpc) is 2.44. The van der Waals surface area contributed by atoms with Crippen LogP contribution >= 0.6 is 8.25 Å². The zero-order valence-electron chi connectivity index (χ0n) is 6.47. The van der Waals surface area contributed by atoms with Crippen molar-refractivity contribution >= 4 is 19.3 Å². The number of imidazole rings is 1. The van der Waals surface area contributed by atoms with Gasteiger partial charge in [-0.3, -0.25) is 0 Å². The number of fused-ring (bicyclic) bond motifs is 1. The number of H-pyrrole nitrogens is 1. The lowest BCUT2D eigenvalue weighted by molar-refractivity contribution is 0.399. The monoisotopic (exact) mass is 197 g/mol. The number of aromatic amines is 1. The Labute approximate surface area is 74.3 Å². The maximum Gasteiger partial charge on any atom is 0.750 e. The highest BCUT2D eigenvalue weighted by molar-refractivity contribution is 7.32. The van der Waals surface area contributed by atoms with E-state index in [-0.39, 0.29) is 6.01 Å². The summed E-state index contributed by atoms with van der Waals surface area (Å²) in [6.07, 6.45) is 0. The van der Waals surface area contributed by atoms with Crippen molar-refractivity contribution in [2.75, 3.05) is 0 Å². The lowest BCUT2D eigenvalue weighted by Crippen LogP contribution is -1.80. The summed E-state index contributed by atoms with van der Waals surface area (Å²) in [4.78, 5) is 15.1. The average molecular weight is 197 g/mol. The molecule has 1 atom stereocenters. The molecule has 1 heterocycles. The number of benzene rings is 1. The lowest BCUT2D eigenvalue weighted by Gasteiger charge is -1.80. The fourth-order valence-electron chi connectivity index (χ4n) is 1.05. The molecule has 1 aromatic carbocycles. The van der Waals surface area contributed by atoms with E-state index in [1.807, 2.05) is 12.1 Å². The lowest BCUT2D eigenvalue weighted by atomic mass is 10.3. The van der Waals surface area contributed by atoms with Crippen molar-refractivity contribution in [2.45, 2.75) is 0 Å². The molecule has 66 valence electrons. The third-order valence-electron chi connectivity index (χ3n) is 1.53. The van der Waals surface area contributed by atoms with Crippen LogP contribution in [-0.2, 0) is 4.57 Å². The first-order valence-electron chi connectivity index (χ1n) is 3.54. The van der Waals surface area contributed by atoms with Gasteiger partial charge < -0.3 is 4.98 Å². The van der Waals surface area contributed by atoms with Crippen molar-refractivity contribution in [1.82, 2.24) is 9.97 Å². The minimum atomic E-state index is -2.66. The van der Waals surface area contributed by atoms with Crippen LogP contribution in [0.1, 0.15) is 0 Å². The van der Waals surface area contributed by atoms with Crippen LogP contribution in [0.15, 0.2) is 24.3 Å². The summed E-state index contributed by atoms with van der Waals surface area (Å²) in [7, 11) is -2.66. The maximum absolute atomic E-state index is 10.3. The first-order chi connectivity index (χ1) is 6.25. The number of hydrogen-bond donors (Lipinski definition) is 2. The van der Waals surface area contributed by atoms with Crippen molar-refractivity contribution in [3.05, 3.63) is 24.3 Å². The molecule has 0 radical (unpaired) electrons. The first kappa shape index (κ1) is 8.16. The number of aromatic nitrogens is 2. The zero-order chi connectivity index (χ0) is 9.26. The highest BCUT2D eigenvalue weighted by Gasteiger charge is 2.17. The van der Waals surface area contributed by atoms with Gasteiger partial charge >= 0.3 is 14.3 Å². The third-order valence-corrected chi connectivity index (χ3v) is 1.86. The molecule has 0 fully saturated rings. The molecule has 0 aliphatic heterocycles. The van der Waals surface area contributed by atoms with Gasteiger partial charge in [-0.15, -0.1) is 4.89 Å². The van der Waals surface area contributed by atoms with Gasteiger partial charge in [-0.1, -0.05) is 12.1 Å². The Balaban J connectivity index is 2.44. The summed E-state index contributed by atoms with van der Waals surface area (Å²) < 4.78 is 14.8. The Morgan fingerprint density at radius 3 is 2.92 bits per heavy atom. The quantitative estimate of drug-likeness (QED) is 0.717. The number of nitrogens with one attached hydrogen (secondary N) is 1. The standard InChI is InChI=1S/C7H5N2O3P/c10-13(11)12-7-8-5-3-1-2-4-6(5)9-7/h1-4H,(H-,8,9,10,11)/p+1. The molecule has 2 rings (SSSR count). The van der Waals surface area contributed by atoms with Gasteiger partial charge in [-0.2, -0.15) is 9.51 Å². The van der Waals surface area contributed by atoms with Crippen molar-refractivity contribution < 1.29 is 14.0 Å². The minimum Gasteiger partial charge on any atom is -0.303 e. The molecule has 1 unspecified atom stereocenters. The topological polar surface area (TPSA) is 75.2 Å². The van der Waals surface area contributed by atoms with Crippen LogP contribution in [-0.4, -0.2) is 14.9 Å². The minimum absolute atomic E-state index is 0.0600. The molecule has 0 aliphatic carbocycles. The van der Waals surface area contributed by atoms with E-state index in [2.05, 4.69) is 14.5 Å². The number of hydrogen-bond acceptors (Lipinski definition) is 3. The highest BCUT2D eigenvalue weighted by Crippen LogP contribution is 2.22. The summed E-state index contributed by atoms with van der Waals surface area (Å²) in [5, 5.41) is 0. The summed E-state index contributed by atoms with van der Waals surface area (Å²) >= 11 is 0. The van der Waals surface area contributed by atoms with Gasteiger partial charge in [0.2, 0.25) is 0 Å². The van der Waals surface area contributed by atoms with Crippen LogP contribution in [0.3, 0.4) is 0 Å². The highest BCUT2D eigenvalue weighted by atomic mass is 31.1. The van der Waals surface area contributed by atoms with E-state index in [1.165, 1.54) is 0 Å². The molecule has 2 aromatic rings. The molecular formula is C7H6N2O3P+. The van der Waals surface area contributed by atoms with Gasteiger partial charge in [0.05, 0.1) is 11.0 Å². The van der Waals surface area contributed by atoms with Crippen LogP contribution in [0.25, 0.3) is 11.0 Å². The Morgan fingerprint density at radius 2 is 2.23 bits per heavy atom. The summed E-state index contributed by atoms with van der Waals surface area (Å²) in [5.74, 6) is 0. The molecule has 0 saturated carbocycles. The third kappa shape index (κ3) is 1.66. The predicted molar refractivity (Wildman–Crippen MR) is 46.5 cm³/mol. The molecule has 0 amide bonds. The molecule has 0 saturated heterocycles. The van der Waals surface area contributed by atoms with Gasteiger partial charge in [0.1, 0.15) is 0 Å². The predicted octanol–water partition coefficient (Wildman–Crippen LogP) is 1.59. The van der Waals surface area contributed by atoms with Gasteiger partial charge in [-0.05, 0) is 12.1 Å². The van der Waals surface area contributed by atoms with Crippen LogP contribution in [0.5, 0.6) is 6.01 Å². The number of rotatable bonds is 2. The van der Waals surface area contributed by atoms with Crippen molar-refractivity contribution in [1.29, 1.82) is 0 Å². The summed E-state index contributed by atoms with van der Waals surface area (Å²) in [5.41, 5.74) is 1.48. The van der Waals surface area contributed by atoms with E-state index in [1.54, 1.807) is 12.1 Å². The first-order valence-corrected chi connectivity index (χ1v) is 4.67. The van der Waals surface area contributed by atoms with E-state index in [9.17, 15) is 4.57 Å². The molecule has 5 nitrogen and oxygen atoms in total. The van der Waals surface area contributed by atoms with Crippen molar-refractivity contribution in [3.8, 4) is 6.01 Å². The Kier molecular flexibility index (Phi) is 1.96. The van der Waals surface area contributed by atoms with E-state index < -0.39 is 8.25 Å². The molecule has 13 heavy (non-hydrogen) atoms. The smallest absolute Gasteiger partial charge is 0.303 e. The fourth-order valence-corrected chi connectivity index (χ4v) is 1.28. The second-order valence-corrected chi connectivity index (χ2v) is 3.05. The van der Waals surface area contributed by atoms with Crippen molar-refractivity contribution in [3.63, 3.8) is 0 Å². The van der Waals surface area contributed by atoms with Gasteiger partial charge in [-0.25, -0.2) is 0 Å². The van der Waals surface area contributed by atoms with Crippen molar-refractivity contribution in [2.24, 2.45) is 0 Å². The molecule has 0 spiro atoms. The Hall–Kier alpha value is -1.45. The van der Waals surface area contributed by atoms with E-state index in [0.717, 1.165) is 5.52 Å². The second kappa shape index (κ2) is 3.12. The molecule has 0 bridgehead atoms.